The Kier molecular flexibility index (Phi) is 3.25. The molecule has 1 unspecified atom stereocenters. The van der Waals surface area contributed by atoms with E-state index in [9.17, 15) is 0 Å². The van der Waals surface area contributed by atoms with Gasteiger partial charge in [-0.25, -0.2) is 0 Å². The van der Waals surface area contributed by atoms with Crippen molar-refractivity contribution in [1.82, 2.24) is 15.0 Å². The predicted molar refractivity (Wildman–Crippen MR) is 66.8 cm³/mol. The molecular formula is C13H23N3O. The van der Waals surface area contributed by atoms with E-state index in [0.717, 1.165) is 18.3 Å². The summed E-state index contributed by atoms with van der Waals surface area (Å²) in [4.78, 5) is 6.96. The fourth-order valence-electron chi connectivity index (χ4n) is 2.63. The molecule has 0 aromatic carbocycles. The molecule has 1 atom stereocenters. The minimum Gasteiger partial charge on any atom is -0.338 e. The Morgan fingerprint density at radius 1 is 1.29 bits per heavy atom. The number of aromatic nitrogens is 2. The van der Waals surface area contributed by atoms with Crippen molar-refractivity contribution in [3.8, 4) is 0 Å². The molecule has 2 rings (SSSR count). The molecule has 1 aromatic rings. The molecule has 1 aliphatic rings. The third kappa shape index (κ3) is 2.37. The third-order valence-electron chi connectivity index (χ3n) is 3.76. The highest BCUT2D eigenvalue weighted by Gasteiger charge is 2.37. The molecular weight excluding hydrogens is 214 g/mol. The quantitative estimate of drug-likeness (QED) is 0.810. The van der Waals surface area contributed by atoms with E-state index >= 15 is 0 Å². The van der Waals surface area contributed by atoms with Crippen LogP contribution < -0.4 is 0 Å². The van der Waals surface area contributed by atoms with E-state index in [1.165, 1.54) is 12.8 Å². The van der Waals surface area contributed by atoms with Gasteiger partial charge in [-0.1, -0.05) is 19.0 Å². The maximum Gasteiger partial charge on any atom is 0.243 e. The van der Waals surface area contributed by atoms with E-state index in [1.54, 1.807) is 0 Å². The van der Waals surface area contributed by atoms with Gasteiger partial charge < -0.3 is 4.52 Å². The molecule has 96 valence electrons. The molecule has 1 aromatic heterocycles. The summed E-state index contributed by atoms with van der Waals surface area (Å²) in [5.74, 6) is 1.89. The normalized spacial score (nSPS) is 22.2. The van der Waals surface area contributed by atoms with Gasteiger partial charge in [-0.15, -0.1) is 0 Å². The summed E-state index contributed by atoms with van der Waals surface area (Å²) in [5, 5.41) is 4.04. The molecule has 0 amide bonds. The highest BCUT2D eigenvalue weighted by molar-refractivity contribution is 5.00. The summed E-state index contributed by atoms with van der Waals surface area (Å²) in [7, 11) is 0. The molecule has 0 bridgehead atoms. The van der Waals surface area contributed by atoms with Crippen LogP contribution in [0.15, 0.2) is 4.52 Å². The second kappa shape index (κ2) is 4.41. The van der Waals surface area contributed by atoms with Crippen molar-refractivity contribution in [2.24, 2.45) is 0 Å². The minimum atomic E-state index is 0.215. The maximum absolute atomic E-state index is 5.39. The van der Waals surface area contributed by atoms with E-state index in [-0.39, 0.29) is 11.6 Å². The van der Waals surface area contributed by atoms with Crippen molar-refractivity contribution in [2.45, 2.75) is 65.0 Å². The van der Waals surface area contributed by atoms with Crippen LogP contribution in [0.4, 0.5) is 0 Å². The smallest absolute Gasteiger partial charge is 0.243 e. The zero-order valence-electron chi connectivity index (χ0n) is 11.5. The van der Waals surface area contributed by atoms with Crippen LogP contribution in [0.1, 0.15) is 71.1 Å². The first-order chi connectivity index (χ1) is 7.92. The van der Waals surface area contributed by atoms with E-state index in [2.05, 4.69) is 49.7 Å². The van der Waals surface area contributed by atoms with Crippen LogP contribution in [0.25, 0.3) is 0 Å². The summed E-state index contributed by atoms with van der Waals surface area (Å²) < 4.78 is 5.39. The zero-order chi connectivity index (χ0) is 12.6. The average molecular weight is 237 g/mol. The van der Waals surface area contributed by atoms with Crippen molar-refractivity contribution in [2.75, 3.05) is 6.54 Å². The Balaban J connectivity index is 2.16. The van der Waals surface area contributed by atoms with Gasteiger partial charge in [0.05, 0.1) is 6.04 Å². The van der Waals surface area contributed by atoms with E-state index in [0.29, 0.717) is 5.92 Å². The van der Waals surface area contributed by atoms with Crippen molar-refractivity contribution >= 4 is 0 Å². The molecule has 0 N–H and O–H groups in total. The minimum absolute atomic E-state index is 0.215. The van der Waals surface area contributed by atoms with Gasteiger partial charge >= 0.3 is 0 Å². The highest BCUT2D eigenvalue weighted by Crippen LogP contribution is 2.35. The summed E-state index contributed by atoms with van der Waals surface area (Å²) in [6.07, 6.45) is 2.49. The molecule has 1 aliphatic heterocycles. The molecule has 4 heteroatoms. The summed E-state index contributed by atoms with van der Waals surface area (Å²) in [6, 6.07) is 0.215. The molecule has 1 fully saturated rings. The van der Waals surface area contributed by atoms with Crippen LogP contribution in [-0.4, -0.2) is 27.1 Å². The van der Waals surface area contributed by atoms with E-state index in [1.807, 2.05) is 0 Å². The first-order valence-electron chi connectivity index (χ1n) is 6.52. The van der Waals surface area contributed by atoms with Gasteiger partial charge in [0.15, 0.2) is 5.82 Å². The lowest BCUT2D eigenvalue weighted by Gasteiger charge is -2.34. The van der Waals surface area contributed by atoms with Crippen LogP contribution in [0.3, 0.4) is 0 Å². The number of rotatable bonds is 3. The standard InChI is InChI=1S/C13H23N3O/c1-9(2)11-14-12(17-15-11)10(3)16-8-6-7-13(16,4)5/h9-10H,6-8H2,1-5H3. The van der Waals surface area contributed by atoms with E-state index < -0.39 is 0 Å². The summed E-state index contributed by atoms with van der Waals surface area (Å²) >= 11 is 0. The van der Waals surface area contributed by atoms with Crippen molar-refractivity contribution in [3.63, 3.8) is 0 Å². The second-order valence-electron chi connectivity index (χ2n) is 5.93. The van der Waals surface area contributed by atoms with Crippen LogP contribution in [-0.2, 0) is 0 Å². The molecule has 4 nitrogen and oxygen atoms in total. The second-order valence-corrected chi connectivity index (χ2v) is 5.93. The van der Waals surface area contributed by atoms with Gasteiger partial charge in [-0.2, -0.15) is 4.98 Å². The Labute approximate surface area is 103 Å². The lowest BCUT2D eigenvalue weighted by Crippen LogP contribution is -2.40. The molecule has 1 saturated heterocycles. The average Bonchev–Trinajstić information content (AvgIpc) is 2.82. The van der Waals surface area contributed by atoms with Gasteiger partial charge in [0, 0.05) is 11.5 Å². The Morgan fingerprint density at radius 3 is 2.47 bits per heavy atom. The lowest BCUT2D eigenvalue weighted by molar-refractivity contribution is 0.103. The zero-order valence-corrected chi connectivity index (χ0v) is 11.5. The third-order valence-corrected chi connectivity index (χ3v) is 3.76. The lowest BCUT2D eigenvalue weighted by atomic mass is 10.0. The molecule has 0 aliphatic carbocycles. The Morgan fingerprint density at radius 2 is 2.00 bits per heavy atom. The summed E-state index contributed by atoms with van der Waals surface area (Å²) in [6.45, 7) is 12.0. The van der Waals surface area contributed by atoms with Gasteiger partial charge in [-0.3, -0.25) is 4.90 Å². The number of hydrogen-bond donors (Lipinski definition) is 0. The highest BCUT2D eigenvalue weighted by atomic mass is 16.5. The van der Waals surface area contributed by atoms with Crippen LogP contribution in [0, 0.1) is 0 Å². The predicted octanol–water partition coefficient (Wildman–Crippen LogP) is 3.13. The maximum atomic E-state index is 5.39. The van der Waals surface area contributed by atoms with Crippen molar-refractivity contribution in [3.05, 3.63) is 11.7 Å². The van der Waals surface area contributed by atoms with Crippen LogP contribution >= 0.6 is 0 Å². The number of hydrogen-bond acceptors (Lipinski definition) is 4. The molecule has 17 heavy (non-hydrogen) atoms. The van der Waals surface area contributed by atoms with Crippen LogP contribution in [0.2, 0.25) is 0 Å². The number of likely N-dealkylation sites (tertiary alicyclic amines) is 1. The van der Waals surface area contributed by atoms with Crippen molar-refractivity contribution in [1.29, 1.82) is 0 Å². The largest absolute Gasteiger partial charge is 0.338 e. The van der Waals surface area contributed by atoms with Crippen LogP contribution in [0.5, 0.6) is 0 Å². The first-order valence-corrected chi connectivity index (χ1v) is 6.52. The fraction of sp³-hybridized carbons (Fsp3) is 0.846. The first kappa shape index (κ1) is 12.6. The number of nitrogens with zero attached hydrogens (tertiary/aromatic N) is 3. The van der Waals surface area contributed by atoms with E-state index in [4.69, 9.17) is 4.52 Å². The molecule has 0 spiro atoms. The van der Waals surface area contributed by atoms with Crippen molar-refractivity contribution < 1.29 is 4.52 Å². The van der Waals surface area contributed by atoms with Gasteiger partial charge in [0.25, 0.3) is 0 Å². The molecule has 2 heterocycles. The fourth-order valence-corrected chi connectivity index (χ4v) is 2.63. The summed E-state index contributed by atoms with van der Waals surface area (Å²) in [5.41, 5.74) is 0.242. The van der Waals surface area contributed by atoms with Gasteiger partial charge in [0.1, 0.15) is 0 Å². The SMILES string of the molecule is CC(C)c1noc(C(C)N2CCCC2(C)C)n1. The molecule has 0 radical (unpaired) electrons. The Bertz CT molecular complexity index is 384. The topological polar surface area (TPSA) is 42.2 Å². The molecule has 0 saturated carbocycles. The monoisotopic (exact) mass is 237 g/mol. The van der Waals surface area contributed by atoms with Gasteiger partial charge in [0.2, 0.25) is 5.89 Å². The van der Waals surface area contributed by atoms with Gasteiger partial charge in [-0.05, 0) is 40.2 Å². The Hall–Kier alpha value is -0.900.